The van der Waals surface area contributed by atoms with Crippen LogP contribution < -0.4 is 0 Å². The summed E-state index contributed by atoms with van der Waals surface area (Å²) < 4.78 is 0. The Bertz CT molecular complexity index is 445. The van der Waals surface area contributed by atoms with Crippen LogP contribution >= 0.6 is 0 Å². The van der Waals surface area contributed by atoms with Crippen LogP contribution in [0.5, 0.6) is 0 Å². The average Bonchev–Trinajstić information content (AvgIpc) is 2.44. The predicted octanol–water partition coefficient (Wildman–Crippen LogP) is 4.28. The second kappa shape index (κ2) is 4.31. The molecule has 0 nitrogen and oxygen atoms in total. The molecule has 0 heteroatoms. The van der Waals surface area contributed by atoms with Gasteiger partial charge in [0.1, 0.15) is 0 Å². The molecule has 0 unspecified atom stereocenters. The van der Waals surface area contributed by atoms with Crippen LogP contribution in [0.25, 0.3) is 5.57 Å². The molecule has 15 heavy (non-hydrogen) atoms. The van der Waals surface area contributed by atoms with Crippen LogP contribution in [0.3, 0.4) is 0 Å². The van der Waals surface area contributed by atoms with E-state index in [1.165, 1.54) is 22.3 Å². The maximum atomic E-state index is 2.23. The summed E-state index contributed by atoms with van der Waals surface area (Å²) in [6, 6.07) is 8.56. The zero-order chi connectivity index (χ0) is 10.7. The molecule has 0 atom stereocenters. The van der Waals surface area contributed by atoms with E-state index in [9.17, 15) is 0 Å². The van der Waals surface area contributed by atoms with Crippen molar-refractivity contribution >= 4 is 5.57 Å². The first-order valence-corrected chi connectivity index (χ1v) is 5.37. The predicted molar refractivity (Wildman–Crippen MR) is 66.7 cm³/mol. The van der Waals surface area contributed by atoms with E-state index in [1.54, 1.807) is 0 Å². The van der Waals surface area contributed by atoms with Crippen molar-refractivity contribution in [2.24, 2.45) is 0 Å². The normalized spacial score (nSPS) is 15.6. The highest BCUT2D eigenvalue weighted by Gasteiger charge is 2.03. The minimum atomic E-state index is 1.03. The second-order valence-corrected chi connectivity index (χ2v) is 4.02. The largest absolute Gasteiger partial charge is 0.0798 e. The van der Waals surface area contributed by atoms with E-state index in [-0.39, 0.29) is 0 Å². The average molecular weight is 196 g/mol. The molecule has 1 aromatic carbocycles. The Hall–Kier alpha value is -1.56. The van der Waals surface area contributed by atoms with Crippen LogP contribution in [0.2, 0.25) is 0 Å². The first-order chi connectivity index (χ1) is 7.27. The number of allylic oxidation sites excluding steroid dienone is 6. The third kappa shape index (κ3) is 2.27. The lowest BCUT2D eigenvalue weighted by molar-refractivity contribution is 1.34. The van der Waals surface area contributed by atoms with Gasteiger partial charge in [-0.2, -0.15) is 0 Å². The number of hydrogen-bond acceptors (Lipinski definition) is 0. The SMILES string of the molecule is CC1=CC=C(c2ccccc2C)CC=C1. The molecular formula is C15H16. The quantitative estimate of drug-likeness (QED) is 0.628. The van der Waals surface area contributed by atoms with Crippen molar-refractivity contribution in [2.75, 3.05) is 0 Å². The Kier molecular flexibility index (Phi) is 2.86. The number of aryl methyl sites for hydroxylation is 1. The monoisotopic (exact) mass is 196 g/mol. The van der Waals surface area contributed by atoms with Gasteiger partial charge < -0.3 is 0 Å². The molecule has 1 aliphatic rings. The fourth-order valence-corrected chi connectivity index (χ4v) is 1.86. The molecule has 0 spiro atoms. The van der Waals surface area contributed by atoms with Crippen LogP contribution in [-0.4, -0.2) is 0 Å². The minimum absolute atomic E-state index is 1.03. The number of hydrogen-bond donors (Lipinski definition) is 0. The lowest BCUT2D eigenvalue weighted by atomic mass is 9.98. The summed E-state index contributed by atoms with van der Waals surface area (Å²) in [6.07, 6.45) is 9.86. The fraction of sp³-hybridized carbons (Fsp3) is 0.200. The molecule has 0 aliphatic heterocycles. The van der Waals surface area contributed by atoms with E-state index in [4.69, 9.17) is 0 Å². The highest BCUT2D eigenvalue weighted by Crippen LogP contribution is 2.24. The molecule has 0 saturated heterocycles. The summed E-state index contributed by atoms with van der Waals surface area (Å²) >= 11 is 0. The van der Waals surface area contributed by atoms with Gasteiger partial charge in [0.25, 0.3) is 0 Å². The lowest BCUT2D eigenvalue weighted by Gasteiger charge is -2.07. The van der Waals surface area contributed by atoms with Gasteiger partial charge in [-0.1, -0.05) is 54.1 Å². The van der Waals surface area contributed by atoms with Crippen LogP contribution in [-0.2, 0) is 0 Å². The third-order valence-corrected chi connectivity index (χ3v) is 2.76. The molecule has 0 saturated carbocycles. The minimum Gasteiger partial charge on any atom is -0.0798 e. The molecule has 1 aromatic rings. The summed E-state index contributed by atoms with van der Waals surface area (Å²) in [5, 5.41) is 0. The Morgan fingerprint density at radius 1 is 1.00 bits per heavy atom. The smallest absolute Gasteiger partial charge is 0.00882 e. The van der Waals surface area contributed by atoms with E-state index in [0.717, 1.165) is 6.42 Å². The molecule has 0 bridgehead atoms. The third-order valence-electron chi connectivity index (χ3n) is 2.76. The van der Waals surface area contributed by atoms with Crippen molar-refractivity contribution in [2.45, 2.75) is 20.3 Å². The van der Waals surface area contributed by atoms with E-state index in [1.807, 2.05) is 0 Å². The summed E-state index contributed by atoms with van der Waals surface area (Å²) in [4.78, 5) is 0. The Morgan fingerprint density at radius 3 is 2.60 bits per heavy atom. The van der Waals surface area contributed by atoms with Crippen LogP contribution in [0.4, 0.5) is 0 Å². The van der Waals surface area contributed by atoms with Crippen molar-refractivity contribution in [3.8, 4) is 0 Å². The van der Waals surface area contributed by atoms with Crippen LogP contribution in [0, 0.1) is 6.92 Å². The van der Waals surface area contributed by atoms with Crippen LogP contribution in [0.1, 0.15) is 24.5 Å². The van der Waals surface area contributed by atoms with E-state index >= 15 is 0 Å². The number of benzene rings is 1. The summed E-state index contributed by atoms with van der Waals surface area (Å²) in [6.45, 7) is 4.30. The van der Waals surface area contributed by atoms with E-state index in [0.29, 0.717) is 0 Å². The van der Waals surface area contributed by atoms with Gasteiger partial charge >= 0.3 is 0 Å². The van der Waals surface area contributed by atoms with Gasteiger partial charge in [-0.15, -0.1) is 0 Å². The fourth-order valence-electron chi connectivity index (χ4n) is 1.86. The Labute approximate surface area is 91.6 Å². The van der Waals surface area contributed by atoms with Crippen molar-refractivity contribution in [3.63, 3.8) is 0 Å². The summed E-state index contributed by atoms with van der Waals surface area (Å²) in [5.74, 6) is 0. The molecule has 0 aromatic heterocycles. The highest BCUT2D eigenvalue weighted by atomic mass is 14.1. The molecule has 0 heterocycles. The van der Waals surface area contributed by atoms with Gasteiger partial charge in [0.2, 0.25) is 0 Å². The molecule has 2 rings (SSSR count). The standard InChI is InChI=1S/C15H16/c1-12-6-5-8-14(11-10-12)15-9-4-3-7-13(15)2/h3-7,9-11H,8H2,1-2H3. The van der Waals surface area contributed by atoms with Gasteiger partial charge in [0, 0.05) is 0 Å². The highest BCUT2D eigenvalue weighted by molar-refractivity contribution is 5.71. The Balaban J connectivity index is 2.41. The maximum absolute atomic E-state index is 2.23. The van der Waals surface area contributed by atoms with E-state index < -0.39 is 0 Å². The molecule has 0 amide bonds. The summed E-state index contributed by atoms with van der Waals surface area (Å²) in [7, 11) is 0. The first kappa shape index (κ1) is 9.97. The van der Waals surface area contributed by atoms with Crippen molar-refractivity contribution < 1.29 is 0 Å². The first-order valence-electron chi connectivity index (χ1n) is 5.37. The maximum Gasteiger partial charge on any atom is -0.00882 e. The van der Waals surface area contributed by atoms with Crippen molar-refractivity contribution in [1.82, 2.24) is 0 Å². The lowest BCUT2D eigenvalue weighted by Crippen LogP contribution is -1.86. The zero-order valence-electron chi connectivity index (χ0n) is 9.33. The molecule has 0 radical (unpaired) electrons. The van der Waals surface area contributed by atoms with Gasteiger partial charge in [0.05, 0.1) is 0 Å². The Morgan fingerprint density at radius 2 is 1.80 bits per heavy atom. The molecular weight excluding hydrogens is 180 g/mol. The van der Waals surface area contributed by atoms with Gasteiger partial charge in [-0.3, -0.25) is 0 Å². The van der Waals surface area contributed by atoms with Crippen LogP contribution in [0.15, 0.2) is 54.1 Å². The molecule has 1 aliphatic carbocycles. The van der Waals surface area contributed by atoms with E-state index in [2.05, 4.69) is 62.4 Å². The zero-order valence-corrected chi connectivity index (χ0v) is 9.33. The van der Waals surface area contributed by atoms with Gasteiger partial charge in [0.15, 0.2) is 0 Å². The molecule has 0 N–H and O–H groups in total. The molecule has 76 valence electrons. The van der Waals surface area contributed by atoms with Gasteiger partial charge in [-0.05, 0) is 37.0 Å². The summed E-state index contributed by atoms with van der Waals surface area (Å²) in [5.41, 5.74) is 5.44. The van der Waals surface area contributed by atoms with Crippen molar-refractivity contribution in [3.05, 3.63) is 65.3 Å². The van der Waals surface area contributed by atoms with Crippen molar-refractivity contribution in [1.29, 1.82) is 0 Å². The topological polar surface area (TPSA) is 0 Å². The molecule has 0 fully saturated rings. The van der Waals surface area contributed by atoms with Gasteiger partial charge in [-0.25, -0.2) is 0 Å². The number of rotatable bonds is 1. The second-order valence-electron chi connectivity index (χ2n) is 4.02.